The SMILES string of the molecule is O=C([C@H](Sc1nnc(-c2ccc3c(c2)OCO3)o1)c1ccccc1)N1CCCC1. The van der Waals surface area contributed by atoms with Crippen molar-refractivity contribution in [2.45, 2.75) is 23.3 Å². The Kier molecular flexibility index (Phi) is 4.85. The Hall–Kier alpha value is -3.00. The van der Waals surface area contributed by atoms with E-state index in [2.05, 4.69) is 10.2 Å². The number of carbonyl (C=O) groups is 1. The molecule has 1 atom stereocenters. The summed E-state index contributed by atoms with van der Waals surface area (Å²) in [7, 11) is 0. The van der Waals surface area contributed by atoms with Gasteiger partial charge in [-0.25, -0.2) is 0 Å². The van der Waals surface area contributed by atoms with Crippen molar-refractivity contribution in [2.75, 3.05) is 19.9 Å². The van der Waals surface area contributed by atoms with Crippen molar-refractivity contribution in [3.05, 3.63) is 54.1 Å². The first-order chi connectivity index (χ1) is 14.3. The van der Waals surface area contributed by atoms with Gasteiger partial charge in [-0.1, -0.05) is 30.3 Å². The van der Waals surface area contributed by atoms with Gasteiger partial charge in [0.15, 0.2) is 11.5 Å². The Morgan fingerprint density at radius 1 is 1.00 bits per heavy atom. The fourth-order valence-electron chi connectivity index (χ4n) is 3.50. The molecule has 5 rings (SSSR count). The number of thioether (sulfide) groups is 1. The van der Waals surface area contributed by atoms with Crippen LogP contribution in [0.4, 0.5) is 0 Å². The lowest BCUT2D eigenvalue weighted by atomic mass is 10.1. The number of nitrogens with zero attached hydrogens (tertiary/aromatic N) is 3. The normalized spacial score (nSPS) is 16.2. The van der Waals surface area contributed by atoms with Crippen molar-refractivity contribution in [2.24, 2.45) is 0 Å². The highest BCUT2D eigenvalue weighted by molar-refractivity contribution is 8.00. The smallest absolute Gasteiger partial charge is 0.277 e. The summed E-state index contributed by atoms with van der Waals surface area (Å²) in [5.41, 5.74) is 1.67. The predicted molar refractivity (Wildman–Crippen MR) is 107 cm³/mol. The summed E-state index contributed by atoms with van der Waals surface area (Å²) in [4.78, 5) is 15.1. The molecule has 0 bridgehead atoms. The van der Waals surface area contributed by atoms with E-state index in [0.29, 0.717) is 22.6 Å². The predicted octanol–water partition coefficient (Wildman–Crippen LogP) is 3.92. The Labute approximate surface area is 172 Å². The summed E-state index contributed by atoms with van der Waals surface area (Å²) in [6.45, 7) is 1.81. The number of amides is 1. The van der Waals surface area contributed by atoms with Gasteiger partial charge in [0.2, 0.25) is 18.6 Å². The minimum atomic E-state index is -0.417. The second kappa shape index (κ2) is 7.79. The number of fused-ring (bicyclic) bond motifs is 1. The molecule has 0 spiro atoms. The van der Waals surface area contributed by atoms with Gasteiger partial charge in [-0.2, -0.15) is 0 Å². The van der Waals surface area contributed by atoms with Crippen LogP contribution in [0.25, 0.3) is 11.5 Å². The quantitative estimate of drug-likeness (QED) is 0.591. The summed E-state index contributed by atoms with van der Waals surface area (Å²) in [5, 5.41) is 8.26. The molecule has 2 aliphatic rings. The van der Waals surface area contributed by atoms with Gasteiger partial charge >= 0.3 is 0 Å². The lowest BCUT2D eigenvalue weighted by molar-refractivity contribution is -0.129. The minimum Gasteiger partial charge on any atom is -0.454 e. The number of rotatable bonds is 5. The molecular weight excluding hydrogens is 390 g/mol. The highest BCUT2D eigenvalue weighted by Gasteiger charge is 2.30. The highest BCUT2D eigenvalue weighted by atomic mass is 32.2. The zero-order valence-corrected chi connectivity index (χ0v) is 16.4. The minimum absolute atomic E-state index is 0.0847. The molecule has 2 aromatic carbocycles. The number of ether oxygens (including phenoxy) is 2. The zero-order chi connectivity index (χ0) is 19.6. The first-order valence-corrected chi connectivity index (χ1v) is 10.4. The van der Waals surface area contributed by atoms with Crippen LogP contribution in [0.2, 0.25) is 0 Å². The van der Waals surface area contributed by atoms with E-state index in [1.54, 1.807) is 0 Å². The van der Waals surface area contributed by atoms with Crippen molar-refractivity contribution < 1.29 is 18.7 Å². The van der Waals surface area contributed by atoms with E-state index >= 15 is 0 Å². The van der Waals surface area contributed by atoms with E-state index < -0.39 is 5.25 Å². The van der Waals surface area contributed by atoms with Gasteiger partial charge in [-0.15, -0.1) is 10.2 Å². The molecule has 29 heavy (non-hydrogen) atoms. The van der Waals surface area contributed by atoms with E-state index in [1.165, 1.54) is 11.8 Å². The molecule has 3 aromatic rings. The Morgan fingerprint density at radius 3 is 2.62 bits per heavy atom. The molecule has 0 N–H and O–H groups in total. The lowest BCUT2D eigenvalue weighted by Crippen LogP contribution is -2.31. The molecule has 7 nitrogen and oxygen atoms in total. The van der Waals surface area contributed by atoms with Crippen LogP contribution < -0.4 is 9.47 Å². The molecule has 0 saturated carbocycles. The van der Waals surface area contributed by atoms with Gasteiger partial charge in [-0.05, 0) is 48.4 Å². The van der Waals surface area contributed by atoms with E-state index in [1.807, 2.05) is 53.4 Å². The molecule has 1 saturated heterocycles. The van der Waals surface area contributed by atoms with Crippen LogP contribution in [-0.2, 0) is 4.79 Å². The standard InChI is InChI=1S/C21H19N3O4S/c25-20(24-10-4-5-11-24)18(14-6-2-1-3-7-14)29-21-23-22-19(28-21)15-8-9-16-17(12-15)27-13-26-16/h1-3,6-9,12,18H,4-5,10-11,13H2/t18-/m1/s1. The Balaban J connectivity index is 1.40. The molecule has 0 radical (unpaired) electrons. The fourth-order valence-corrected chi connectivity index (χ4v) is 4.46. The van der Waals surface area contributed by atoms with Crippen LogP contribution in [0.15, 0.2) is 58.2 Å². The lowest BCUT2D eigenvalue weighted by Gasteiger charge is -2.22. The van der Waals surface area contributed by atoms with Crippen molar-refractivity contribution in [1.29, 1.82) is 0 Å². The van der Waals surface area contributed by atoms with Crippen molar-refractivity contribution >= 4 is 17.7 Å². The van der Waals surface area contributed by atoms with Gasteiger partial charge in [0.25, 0.3) is 5.22 Å². The molecule has 1 amide bonds. The average Bonchev–Trinajstić information content (AvgIpc) is 3.53. The van der Waals surface area contributed by atoms with Crippen molar-refractivity contribution in [3.63, 3.8) is 0 Å². The summed E-state index contributed by atoms with van der Waals surface area (Å²) in [6.07, 6.45) is 2.10. The topological polar surface area (TPSA) is 77.7 Å². The number of aromatic nitrogens is 2. The van der Waals surface area contributed by atoms with Gasteiger partial charge in [0.05, 0.1) is 0 Å². The van der Waals surface area contributed by atoms with E-state index in [9.17, 15) is 4.79 Å². The average molecular weight is 409 g/mol. The second-order valence-corrected chi connectivity index (χ2v) is 7.94. The van der Waals surface area contributed by atoms with Gasteiger partial charge in [0.1, 0.15) is 5.25 Å². The molecule has 2 aliphatic heterocycles. The number of carbonyl (C=O) groups excluding carboxylic acids is 1. The Morgan fingerprint density at radius 2 is 1.79 bits per heavy atom. The van der Waals surface area contributed by atoms with Crippen LogP contribution in [0.1, 0.15) is 23.7 Å². The highest BCUT2D eigenvalue weighted by Crippen LogP contribution is 2.39. The van der Waals surface area contributed by atoms with Gasteiger partial charge < -0.3 is 18.8 Å². The van der Waals surface area contributed by atoms with E-state index in [-0.39, 0.29) is 12.7 Å². The molecule has 148 valence electrons. The van der Waals surface area contributed by atoms with Crippen LogP contribution in [0.5, 0.6) is 11.5 Å². The molecule has 1 fully saturated rings. The summed E-state index contributed by atoms with van der Waals surface area (Å²) in [5.74, 6) is 1.82. The van der Waals surface area contributed by atoms with Crippen LogP contribution in [-0.4, -0.2) is 40.9 Å². The van der Waals surface area contributed by atoms with Crippen LogP contribution >= 0.6 is 11.8 Å². The second-order valence-electron chi connectivity index (χ2n) is 6.88. The third-order valence-corrected chi connectivity index (χ3v) is 6.07. The van der Waals surface area contributed by atoms with Gasteiger partial charge in [0, 0.05) is 18.7 Å². The number of benzene rings is 2. The van der Waals surface area contributed by atoms with Crippen molar-refractivity contribution in [1.82, 2.24) is 15.1 Å². The maximum Gasteiger partial charge on any atom is 0.277 e. The maximum atomic E-state index is 13.1. The van der Waals surface area contributed by atoms with E-state index in [0.717, 1.165) is 37.1 Å². The van der Waals surface area contributed by atoms with E-state index in [4.69, 9.17) is 13.9 Å². The largest absolute Gasteiger partial charge is 0.454 e. The molecule has 0 aliphatic carbocycles. The number of hydrogen-bond donors (Lipinski definition) is 0. The Bertz CT molecular complexity index is 1020. The molecule has 3 heterocycles. The molecule has 0 unspecified atom stereocenters. The fraction of sp³-hybridized carbons (Fsp3) is 0.286. The third-order valence-electron chi connectivity index (χ3n) is 4.99. The summed E-state index contributed by atoms with van der Waals surface area (Å²) >= 11 is 1.29. The summed E-state index contributed by atoms with van der Waals surface area (Å²) in [6, 6.07) is 15.2. The molecule has 1 aromatic heterocycles. The van der Waals surface area contributed by atoms with Crippen molar-refractivity contribution in [3.8, 4) is 23.0 Å². The summed E-state index contributed by atoms with van der Waals surface area (Å²) < 4.78 is 16.6. The number of hydrogen-bond acceptors (Lipinski definition) is 7. The maximum absolute atomic E-state index is 13.1. The van der Waals surface area contributed by atoms with Crippen LogP contribution in [0.3, 0.4) is 0 Å². The first kappa shape index (κ1) is 18.1. The third kappa shape index (κ3) is 3.67. The van der Waals surface area contributed by atoms with Crippen LogP contribution in [0, 0.1) is 0 Å². The zero-order valence-electron chi connectivity index (χ0n) is 15.6. The first-order valence-electron chi connectivity index (χ1n) is 9.52. The molecular formula is C21H19N3O4S. The number of likely N-dealkylation sites (tertiary alicyclic amines) is 1. The molecule has 8 heteroatoms. The monoisotopic (exact) mass is 409 g/mol. The van der Waals surface area contributed by atoms with Gasteiger partial charge in [-0.3, -0.25) is 4.79 Å².